The molecule has 1 unspecified atom stereocenters. The largest absolute Gasteiger partial charge is 0.369 e. The third-order valence-corrected chi connectivity index (χ3v) is 3.77. The number of amidine groups is 1. The molecular weight excluding hydrogens is 304 g/mol. The molecule has 3 rings (SSSR count). The highest BCUT2D eigenvalue weighted by atomic mass is 79.9. The van der Waals surface area contributed by atoms with Crippen LogP contribution in [0, 0.1) is 0 Å². The lowest BCUT2D eigenvalue weighted by molar-refractivity contribution is 0.0858. The van der Waals surface area contributed by atoms with E-state index in [-0.39, 0.29) is 18.5 Å². The quantitative estimate of drug-likeness (QED) is 0.863. The number of nitrogens with one attached hydrogen (secondary N) is 1. The van der Waals surface area contributed by atoms with Gasteiger partial charge in [0.1, 0.15) is 11.9 Å². The van der Waals surface area contributed by atoms with E-state index in [2.05, 4.69) is 44.4 Å². The van der Waals surface area contributed by atoms with Crippen LogP contribution >= 0.6 is 28.3 Å². The Hall–Kier alpha value is -0.580. The zero-order chi connectivity index (χ0) is 11.0. The SMILES string of the molecule is Brc1cccc2c1CCOC2C1=NCCN1.Cl. The van der Waals surface area contributed by atoms with Crippen molar-refractivity contribution in [3.05, 3.63) is 33.8 Å². The van der Waals surface area contributed by atoms with Crippen molar-refractivity contribution >= 4 is 34.2 Å². The highest BCUT2D eigenvalue weighted by molar-refractivity contribution is 9.10. The number of halogens is 2. The number of hydrogen-bond acceptors (Lipinski definition) is 3. The first-order valence-corrected chi connectivity index (χ1v) is 6.32. The summed E-state index contributed by atoms with van der Waals surface area (Å²) in [5.74, 6) is 0.985. The summed E-state index contributed by atoms with van der Waals surface area (Å²) in [6.45, 7) is 2.55. The van der Waals surface area contributed by atoms with E-state index in [1.54, 1.807) is 0 Å². The molecule has 0 amide bonds. The van der Waals surface area contributed by atoms with E-state index in [0.717, 1.165) is 32.0 Å². The number of rotatable bonds is 1. The number of fused-ring (bicyclic) bond motifs is 1. The molecule has 5 heteroatoms. The number of ether oxygens (including phenoxy) is 1. The van der Waals surface area contributed by atoms with E-state index in [1.165, 1.54) is 15.6 Å². The Bertz CT molecular complexity index is 450. The molecule has 3 nitrogen and oxygen atoms in total. The van der Waals surface area contributed by atoms with Gasteiger partial charge in [0.05, 0.1) is 13.2 Å². The lowest BCUT2D eigenvalue weighted by Crippen LogP contribution is -2.31. The van der Waals surface area contributed by atoms with Gasteiger partial charge in [-0.25, -0.2) is 0 Å². The Kier molecular flexibility index (Phi) is 4.07. The fourth-order valence-corrected chi connectivity index (χ4v) is 2.85. The first-order valence-electron chi connectivity index (χ1n) is 5.53. The molecule has 1 aromatic rings. The highest BCUT2D eigenvalue weighted by Crippen LogP contribution is 2.32. The fourth-order valence-electron chi connectivity index (χ4n) is 2.27. The van der Waals surface area contributed by atoms with Crippen molar-refractivity contribution in [1.82, 2.24) is 5.32 Å². The molecule has 0 saturated carbocycles. The third kappa shape index (κ3) is 2.34. The van der Waals surface area contributed by atoms with Crippen LogP contribution in [0.5, 0.6) is 0 Å². The van der Waals surface area contributed by atoms with Gasteiger partial charge in [-0.3, -0.25) is 4.99 Å². The summed E-state index contributed by atoms with van der Waals surface area (Å²) in [6.07, 6.45) is 0.976. The van der Waals surface area contributed by atoms with E-state index in [0.29, 0.717) is 0 Å². The smallest absolute Gasteiger partial charge is 0.140 e. The molecule has 2 aliphatic heterocycles. The molecule has 0 spiro atoms. The molecule has 17 heavy (non-hydrogen) atoms. The first kappa shape index (κ1) is 12.9. The summed E-state index contributed by atoms with van der Waals surface area (Å²) in [4.78, 5) is 4.45. The van der Waals surface area contributed by atoms with Gasteiger partial charge in [0.25, 0.3) is 0 Å². The molecule has 1 aromatic carbocycles. The highest BCUT2D eigenvalue weighted by Gasteiger charge is 2.27. The van der Waals surface area contributed by atoms with Crippen molar-refractivity contribution < 1.29 is 4.74 Å². The van der Waals surface area contributed by atoms with Gasteiger partial charge >= 0.3 is 0 Å². The van der Waals surface area contributed by atoms with Gasteiger partial charge in [0.15, 0.2) is 0 Å². The second-order valence-corrected chi connectivity index (χ2v) is 4.86. The minimum absolute atomic E-state index is 0. The Labute approximate surface area is 115 Å². The molecule has 2 aliphatic rings. The van der Waals surface area contributed by atoms with Gasteiger partial charge in [-0.15, -0.1) is 12.4 Å². The van der Waals surface area contributed by atoms with Crippen LogP contribution in [0.2, 0.25) is 0 Å². The minimum Gasteiger partial charge on any atom is -0.369 e. The summed E-state index contributed by atoms with van der Waals surface area (Å²) >= 11 is 3.60. The van der Waals surface area contributed by atoms with E-state index in [1.807, 2.05) is 0 Å². The monoisotopic (exact) mass is 316 g/mol. The van der Waals surface area contributed by atoms with Crippen LogP contribution in [0.1, 0.15) is 17.2 Å². The first-order chi connectivity index (χ1) is 7.86. The van der Waals surface area contributed by atoms with Crippen LogP contribution in [-0.4, -0.2) is 25.5 Å². The summed E-state index contributed by atoms with van der Waals surface area (Å²) < 4.78 is 7.01. The lowest BCUT2D eigenvalue weighted by atomic mass is 9.97. The van der Waals surface area contributed by atoms with Crippen LogP contribution in [0.15, 0.2) is 27.7 Å². The second kappa shape index (κ2) is 5.38. The molecule has 0 radical (unpaired) electrons. The van der Waals surface area contributed by atoms with Gasteiger partial charge in [0, 0.05) is 11.0 Å². The van der Waals surface area contributed by atoms with Crippen LogP contribution in [0.4, 0.5) is 0 Å². The van der Waals surface area contributed by atoms with Crippen molar-refractivity contribution in [3.8, 4) is 0 Å². The molecule has 1 atom stereocenters. The van der Waals surface area contributed by atoms with Gasteiger partial charge in [0.2, 0.25) is 0 Å². The molecule has 0 saturated heterocycles. The summed E-state index contributed by atoms with van der Waals surface area (Å²) in [5, 5.41) is 3.30. The number of hydrogen-bond donors (Lipinski definition) is 1. The van der Waals surface area contributed by atoms with Crippen molar-refractivity contribution in [1.29, 1.82) is 0 Å². The standard InChI is InChI=1S/C12H13BrN2O.ClH/c13-10-3-1-2-9-8(10)4-7-16-11(9)12-14-5-6-15-12;/h1-3,11H,4-7H2,(H,14,15);1H. The second-order valence-electron chi connectivity index (χ2n) is 4.00. The van der Waals surface area contributed by atoms with Gasteiger partial charge in [-0.1, -0.05) is 28.1 Å². The van der Waals surface area contributed by atoms with Crippen molar-refractivity contribution in [3.63, 3.8) is 0 Å². The van der Waals surface area contributed by atoms with Crippen LogP contribution < -0.4 is 5.32 Å². The topological polar surface area (TPSA) is 33.6 Å². The minimum atomic E-state index is 0. The van der Waals surface area contributed by atoms with Gasteiger partial charge in [-0.2, -0.15) is 0 Å². The van der Waals surface area contributed by atoms with Crippen LogP contribution in [-0.2, 0) is 11.2 Å². The van der Waals surface area contributed by atoms with Crippen molar-refractivity contribution in [2.24, 2.45) is 4.99 Å². The molecule has 1 N–H and O–H groups in total. The predicted octanol–water partition coefficient (Wildman–Crippen LogP) is 2.49. The van der Waals surface area contributed by atoms with E-state index < -0.39 is 0 Å². The van der Waals surface area contributed by atoms with Crippen molar-refractivity contribution in [2.45, 2.75) is 12.5 Å². The van der Waals surface area contributed by atoms with Gasteiger partial charge < -0.3 is 10.1 Å². The maximum absolute atomic E-state index is 5.83. The Morgan fingerprint density at radius 3 is 3.06 bits per heavy atom. The maximum atomic E-state index is 5.83. The molecule has 92 valence electrons. The average molecular weight is 318 g/mol. The number of nitrogens with zero attached hydrogens (tertiary/aromatic N) is 1. The summed E-state index contributed by atoms with van der Waals surface area (Å²) in [6, 6.07) is 6.28. The number of aliphatic imine (C=N–C) groups is 1. The molecule has 2 heterocycles. The van der Waals surface area contributed by atoms with Crippen molar-refractivity contribution in [2.75, 3.05) is 19.7 Å². The molecule has 0 aliphatic carbocycles. The molecular formula is C12H14BrClN2O. The van der Waals surface area contributed by atoms with Gasteiger partial charge in [-0.05, 0) is 23.6 Å². The molecule has 0 aromatic heterocycles. The van der Waals surface area contributed by atoms with Crippen LogP contribution in [0.3, 0.4) is 0 Å². The fraction of sp³-hybridized carbons (Fsp3) is 0.417. The zero-order valence-electron chi connectivity index (χ0n) is 9.28. The molecule has 0 fully saturated rings. The lowest BCUT2D eigenvalue weighted by Gasteiger charge is -2.26. The third-order valence-electron chi connectivity index (χ3n) is 3.02. The van der Waals surface area contributed by atoms with E-state index in [4.69, 9.17) is 4.74 Å². The Morgan fingerprint density at radius 2 is 2.29 bits per heavy atom. The van der Waals surface area contributed by atoms with E-state index in [9.17, 15) is 0 Å². The Balaban J connectivity index is 0.00000108. The number of benzene rings is 1. The summed E-state index contributed by atoms with van der Waals surface area (Å²) in [7, 11) is 0. The van der Waals surface area contributed by atoms with E-state index >= 15 is 0 Å². The predicted molar refractivity (Wildman–Crippen MR) is 74.1 cm³/mol. The summed E-state index contributed by atoms with van der Waals surface area (Å²) in [5.41, 5.74) is 2.60. The maximum Gasteiger partial charge on any atom is 0.140 e. The normalized spacial score (nSPS) is 22.2. The van der Waals surface area contributed by atoms with Crippen LogP contribution in [0.25, 0.3) is 0 Å². The molecule has 0 bridgehead atoms. The zero-order valence-corrected chi connectivity index (χ0v) is 11.7. The Morgan fingerprint density at radius 1 is 1.41 bits per heavy atom. The average Bonchev–Trinajstić information content (AvgIpc) is 2.82.